The van der Waals surface area contributed by atoms with Crippen LogP contribution in [0.25, 0.3) is 17.0 Å². The maximum absolute atomic E-state index is 13.6. The highest BCUT2D eigenvalue weighted by atomic mass is 16.5. The van der Waals surface area contributed by atoms with Crippen LogP contribution in [0.1, 0.15) is 35.0 Å². The number of benzene rings is 2. The van der Waals surface area contributed by atoms with Crippen molar-refractivity contribution in [1.29, 1.82) is 0 Å². The van der Waals surface area contributed by atoms with E-state index in [1.807, 2.05) is 55.5 Å². The van der Waals surface area contributed by atoms with Gasteiger partial charge in [0.25, 0.3) is 0 Å². The van der Waals surface area contributed by atoms with E-state index in [0.717, 1.165) is 5.56 Å². The fraction of sp³-hybridized carbons (Fsp3) is 0.217. The summed E-state index contributed by atoms with van der Waals surface area (Å²) in [7, 11) is 0. The van der Waals surface area contributed by atoms with Crippen molar-refractivity contribution in [2.75, 3.05) is 6.54 Å². The molecule has 28 heavy (non-hydrogen) atoms. The smallest absolute Gasteiger partial charge is 0.198 e. The van der Waals surface area contributed by atoms with Gasteiger partial charge in [0.05, 0.1) is 5.56 Å². The van der Waals surface area contributed by atoms with Gasteiger partial charge in [0, 0.05) is 35.7 Å². The molecule has 5 nitrogen and oxygen atoms in total. The predicted molar refractivity (Wildman–Crippen MR) is 108 cm³/mol. The highest BCUT2D eigenvalue weighted by molar-refractivity contribution is 6.15. The lowest BCUT2D eigenvalue weighted by Crippen LogP contribution is -2.28. The lowest BCUT2D eigenvalue weighted by atomic mass is 9.92. The van der Waals surface area contributed by atoms with Gasteiger partial charge < -0.3 is 14.9 Å². The van der Waals surface area contributed by atoms with Crippen LogP contribution in [0.3, 0.4) is 0 Å². The Labute approximate surface area is 163 Å². The Hall–Kier alpha value is -3.18. The third-order valence-electron chi connectivity index (χ3n) is 5.00. The van der Waals surface area contributed by atoms with E-state index in [1.165, 1.54) is 0 Å². The minimum atomic E-state index is -0.230. The van der Waals surface area contributed by atoms with E-state index in [4.69, 9.17) is 4.52 Å². The number of carbonyl (C=O) groups is 1. The number of carbonyl (C=O) groups excluding carboxylic acids is 1. The molecule has 0 radical (unpaired) electrons. The Morgan fingerprint density at radius 2 is 1.79 bits per heavy atom. The van der Waals surface area contributed by atoms with Gasteiger partial charge in [-0.2, -0.15) is 0 Å². The summed E-state index contributed by atoms with van der Waals surface area (Å²) in [4.78, 5) is 13.6. The van der Waals surface area contributed by atoms with Crippen molar-refractivity contribution >= 4 is 11.5 Å². The number of fused-ring (bicyclic) bond motifs is 1. The van der Waals surface area contributed by atoms with Crippen molar-refractivity contribution in [2.45, 2.75) is 25.8 Å². The zero-order valence-corrected chi connectivity index (χ0v) is 15.7. The number of nitrogens with zero attached hydrogens (tertiary/aromatic N) is 1. The Morgan fingerprint density at radius 1 is 1.11 bits per heavy atom. The van der Waals surface area contributed by atoms with Crippen molar-refractivity contribution < 1.29 is 14.4 Å². The number of hydrogen-bond acceptors (Lipinski definition) is 5. The second-order valence-electron chi connectivity index (χ2n) is 7.03. The minimum Gasteiger partial charge on any atom is -0.507 e. The van der Waals surface area contributed by atoms with Gasteiger partial charge in [-0.25, -0.2) is 0 Å². The van der Waals surface area contributed by atoms with E-state index >= 15 is 0 Å². The summed E-state index contributed by atoms with van der Waals surface area (Å²) in [5.41, 5.74) is 2.78. The summed E-state index contributed by atoms with van der Waals surface area (Å²) >= 11 is 0. The first-order valence-corrected chi connectivity index (χ1v) is 9.44. The number of aliphatic hydroxyl groups is 1. The van der Waals surface area contributed by atoms with Gasteiger partial charge in [-0.1, -0.05) is 65.8 Å². The lowest BCUT2D eigenvalue weighted by molar-refractivity contribution is 0.102. The number of rotatable bonds is 2. The molecule has 1 aliphatic heterocycles. The molecule has 2 aromatic carbocycles. The van der Waals surface area contributed by atoms with Crippen LogP contribution in [-0.4, -0.2) is 28.6 Å². The van der Waals surface area contributed by atoms with Crippen molar-refractivity contribution in [3.63, 3.8) is 0 Å². The molecule has 1 aliphatic rings. The Kier molecular flexibility index (Phi) is 5.08. The maximum atomic E-state index is 13.6. The molecule has 0 saturated heterocycles. The first-order valence-electron chi connectivity index (χ1n) is 9.44. The molecule has 0 fully saturated rings. The summed E-state index contributed by atoms with van der Waals surface area (Å²) in [5.74, 6) is 0.322. The van der Waals surface area contributed by atoms with Crippen LogP contribution in [0.2, 0.25) is 0 Å². The maximum Gasteiger partial charge on any atom is 0.198 e. The van der Waals surface area contributed by atoms with Gasteiger partial charge in [0.2, 0.25) is 0 Å². The molecule has 4 rings (SSSR count). The molecule has 0 spiro atoms. The monoisotopic (exact) mass is 374 g/mol. The second kappa shape index (κ2) is 7.82. The standard InChI is InChI=1S/C23H22N2O3/c1-15-14-18(22(26)17-10-6-3-7-11-17)23(27)20-19(12-13-24-15)28-25-21(20)16-8-4-2-5-9-16/h2-11,15,24,26H,12-14H2,1H3/b22-18+. The fourth-order valence-electron chi connectivity index (χ4n) is 3.55. The van der Waals surface area contributed by atoms with Crippen LogP contribution in [0.5, 0.6) is 0 Å². The summed E-state index contributed by atoms with van der Waals surface area (Å²) in [6, 6.07) is 18.7. The molecule has 0 aliphatic carbocycles. The van der Waals surface area contributed by atoms with Gasteiger partial charge in [0.1, 0.15) is 17.2 Å². The number of nitrogens with one attached hydrogen (secondary N) is 1. The first-order chi connectivity index (χ1) is 13.6. The lowest BCUT2D eigenvalue weighted by Gasteiger charge is -2.15. The Balaban J connectivity index is 1.88. The molecule has 2 N–H and O–H groups in total. The molecule has 142 valence electrons. The highest BCUT2D eigenvalue weighted by Crippen LogP contribution is 2.32. The van der Waals surface area contributed by atoms with Crippen LogP contribution < -0.4 is 5.32 Å². The predicted octanol–water partition coefficient (Wildman–Crippen LogP) is 4.42. The molecule has 0 saturated carbocycles. The van der Waals surface area contributed by atoms with Crippen LogP contribution >= 0.6 is 0 Å². The van der Waals surface area contributed by atoms with E-state index in [2.05, 4.69) is 10.5 Å². The van der Waals surface area contributed by atoms with Gasteiger partial charge in [0.15, 0.2) is 5.78 Å². The van der Waals surface area contributed by atoms with Gasteiger partial charge in [-0.05, 0) is 13.3 Å². The number of aliphatic hydroxyl groups excluding tert-OH is 1. The molecular weight excluding hydrogens is 352 g/mol. The summed E-state index contributed by atoms with van der Waals surface area (Å²) < 4.78 is 5.56. The molecule has 5 heteroatoms. The largest absolute Gasteiger partial charge is 0.507 e. The van der Waals surface area contributed by atoms with Crippen LogP contribution in [0.4, 0.5) is 0 Å². The van der Waals surface area contributed by atoms with E-state index in [1.54, 1.807) is 12.1 Å². The molecule has 0 bridgehead atoms. The summed E-state index contributed by atoms with van der Waals surface area (Å²) in [6.45, 7) is 2.68. The zero-order valence-electron chi connectivity index (χ0n) is 15.7. The molecule has 1 atom stereocenters. The normalized spacial score (nSPS) is 19.3. The SMILES string of the molecule is CC1C/C(=C(\O)c2ccccc2)C(=O)c2c(-c3ccccc3)noc2CCN1. The Morgan fingerprint density at radius 3 is 2.50 bits per heavy atom. The van der Waals surface area contributed by atoms with Crippen LogP contribution in [-0.2, 0) is 6.42 Å². The molecule has 3 aromatic rings. The molecule has 1 unspecified atom stereocenters. The highest BCUT2D eigenvalue weighted by Gasteiger charge is 2.30. The van der Waals surface area contributed by atoms with Crippen molar-refractivity contribution in [3.8, 4) is 11.3 Å². The Bertz CT molecular complexity index is 1010. The van der Waals surface area contributed by atoms with E-state index in [-0.39, 0.29) is 17.6 Å². The minimum absolute atomic E-state index is 0.00677. The third kappa shape index (κ3) is 3.49. The number of ketones is 1. The van der Waals surface area contributed by atoms with E-state index in [9.17, 15) is 9.90 Å². The van der Waals surface area contributed by atoms with Gasteiger partial charge in [-0.15, -0.1) is 0 Å². The number of Topliss-reactive ketones (excluding diaryl/α,β-unsaturated/α-hetero) is 1. The first kappa shape index (κ1) is 18.2. The molecule has 0 amide bonds. The van der Waals surface area contributed by atoms with Gasteiger partial charge in [-0.3, -0.25) is 4.79 Å². The summed E-state index contributed by atoms with van der Waals surface area (Å²) in [5, 5.41) is 18.5. The van der Waals surface area contributed by atoms with Crippen molar-refractivity contribution in [3.05, 3.63) is 83.1 Å². The van der Waals surface area contributed by atoms with E-state index in [0.29, 0.717) is 47.5 Å². The molecular formula is C23H22N2O3. The van der Waals surface area contributed by atoms with E-state index < -0.39 is 0 Å². The number of aromatic nitrogens is 1. The van der Waals surface area contributed by atoms with Crippen LogP contribution in [0, 0.1) is 0 Å². The number of hydrogen-bond donors (Lipinski definition) is 2. The van der Waals surface area contributed by atoms with Crippen molar-refractivity contribution in [1.82, 2.24) is 10.5 Å². The second-order valence-corrected chi connectivity index (χ2v) is 7.03. The quantitative estimate of drug-likeness (QED) is 0.513. The molecule has 2 heterocycles. The van der Waals surface area contributed by atoms with Crippen LogP contribution in [0.15, 0.2) is 70.8 Å². The third-order valence-corrected chi connectivity index (χ3v) is 5.00. The van der Waals surface area contributed by atoms with Gasteiger partial charge >= 0.3 is 0 Å². The molecule has 1 aromatic heterocycles. The summed E-state index contributed by atoms with van der Waals surface area (Å²) in [6.07, 6.45) is 0.975. The average Bonchev–Trinajstić information content (AvgIpc) is 3.17. The average molecular weight is 374 g/mol. The zero-order chi connectivity index (χ0) is 19.5. The fourth-order valence-corrected chi connectivity index (χ4v) is 3.55. The van der Waals surface area contributed by atoms with Crippen molar-refractivity contribution in [2.24, 2.45) is 0 Å². The topological polar surface area (TPSA) is 75.4 Å².